The molecule has 0 spiro atoms. The van der Waals surface area contributed by atoms with Crippen molar-refractivity contribution in [1.82, 2.24) is 14.6 Å². The van der Waals surface area contributed by atoms with Gasteiger partial charge < -0.3 is 5.32 Å². The van der Waals surface area contributed by atoms with Crippen LogP contribution in [0.4, 0.5) is 17.1 Å². The number of rotatable bonds is 5. The van der Waals surface area contributed by atoms with Gasteiger partial charge in [0.1, 0.15) is 5.69 Å². The number of anilines is 1. The van der Waals surface area contributed by atoms with Crippen LogP contribution < -0.4 is 5.32 Å². The van der Waals surface area contributed by atoms with Crippen molar-refractivity contribution in [2.45, 2.75) is 13.0 Å². The van der Waals surface area contributed by atoms with Crippen LogP contribution in [-0.4, -0.2) is 24.4 Å². The van der Waals surface area contributed by atoms with E-state index in [0.29, 0.717) is 11.5 Å². The fraction of sp³-hybridized carbons (Fsp3) is 0.143. The highest BCUT2D eigenvalue weighted by Gasteiger charge is 2.22. The van der Waals surface area contributed by atoms with Gasteiger partial charge in [-0.05, 0) is 25.1 Å². The molecule has 0 radical (unpaired) electrons. The van der Waals surface area contributed by atoms with Crippen LogP contribution in [0.1, 0.15) is 18.8 Å². The molecule has 1 aromatic carbocycles. The van der Waals surface area contributed by atoms with E-state index in [0.717, 1.165) is 6.07 Å². The molecule has 0 aliphatic carbocycles. The third-order valence-corrected chi connectivity index (χ3v) is 3.49. The normalized spacial score (nSPS) is 12.0. The standard InChI is InChI=1S/C14H12N6O4/c1-9(14-17-16-13-4-2-3-7-18(13)14)15-11-6-5-10(19(21)22)8-12(11)20(23)24/h2-9,15H,1H3. The molecule has 24 heavy (non-hydrogen) atoms. The molecular formula is C14H12N6O4. The molecule has 3 aromatic rings. The predicted molar refractivity (Wildman–Crippen MR) is 84.8 cm³/mol. The second kappa shape index (κ2) is 5.91. The fourth-order valence-corrected chi connectivity index (χ4v) is 2.36. The van der Waals surface area contributed by atoms with Crippen molar-refractivity contribution < 1.29 is 9.85 Å². The van der Waals surface area contributed by atoms with E-state index in [1.54, 1.807) is 23.6 Å². The van der Waals surface area contributed by atoms with E-state index < -0.39 is 15.9 Å². The van der Waals surface area contributed by atoms with E-state index in [1.807, 2.05) is 12.1 Å². The van der Waals surface area contributed by atoms with Gasteiger partial charge in [0.25, 0.3) is 11.4 Å². The second-order valence-corrected chi connectivity index (χ2v) is 5.07. The smallest absolute Gasteiger partial charge is 0.299 e. The molecule has 3 rings (SSSR count). The summed E-state index contributed by atoms with van der Waals surface area (Å²) in [4.78, 5) is 20.6. The minimum Gasteiger partial charge on any atom is -0.370 e. The van der Waals surface area contributed by atoms with Crippen LogP contribution in [-0.2, 0) is 0 Å². The highest BCUT2D eigenvalue weighted by atomic mass is 16.6. The number of nitrogens with one attached hydrogen (secondary N) is 1. The number of hydrogen-bond donors (Lipinski definition) is 1. The number of hydrogen-bond acceptors (Lipinski definition) is 7. The molecule has 1 atom stereocenters. The van der Waals surface area contributed by atoms with Gasteiger partial charge in [-0.15, -0.1) is 10.2 Å². The summed E-state index contributed by atoms with van der Waals surface area (Å²) >= 11 is 0. The molecule has 0 saturated heterocycles. The van der Waals surface area contributed by atoms with Crippen molar-refractivity contribution in [3.8, 4) is 0 Å². The third-order valence-electron chi connectivity index (χ3n) is 3.49. The molecule has 122 valence electrons. The number of non-ortho nitro benzene ring substituents is 1. The molecule has 0 aliphatic heterocycles. The Hall–Kier alpha value is -3.56. The number of aromatic nitrogens is 3. The molecule has 2 aromatic heterocycles. The average molecular weight is 328 g/mol. The van der Waals surface area contributed by atoms with Crippen molar-refractivity contribution in [2.75, 3.05) is 5.32 Å². The number of benzene rings is 1. The Morgan fingerprint density at radius 1 is 1.12 bits per heavy atom. The number of nitrogens with zero attached hydrogens (tertiary/aromatic N) is 5. The van der Waals surface area contributed by atoms with Crippen LogP contribution in [0.25, 0.3) is 5.65 Å². The summed E-state index contributed by atoms with van der Waals surface area (Å²) in [6.45, 7) is 1.77. The summed E-state index contributed by atoms with van der Waals surface area (Å²) in [5.74, 6) is 0.568. The van der Waals surface area contributed by atoms with Crippen LogP contribution in [0, 0.1) is 20.2 Å². The van der Waals surface area contributed by atoms with Crippen LogP contribution in [0.3, 0.4) is 0 Å². The predicted octanol–water partition coefficient (Wildman–Crippen LogP) is 2.72. The lowest BCUT2D eigenvalue weighted by atomic mass is 10.2. The van der Waals surface area contributed by atoms with Gasteiger partial charge in [0, 0.05) is 12.3 Å². The van der Waals surface area contributed by atoms with Crippen LogP contribution in [0.5, 0.6) is 0 Å². The first-order valence-corrected chi connectivity index (χ1v) is 6.96. The van der Waals surface area contributed by atoms with Gasteiger partial charge in [0.15, 0.2) is 11.5 Å². The van der Waals surface area contributed by atoms with E-state index in [2.05, 4.69) is 15.5 Å². The zero-order chi connectivity index (χ0) is 17.3. The van der Waals surface area contributed by atoms with Crippen molar-refractivity contribution in [3.63, 3.8) is 0 Å². The molecule has 0 saturated carbocycles. The van der Waals surface area contributed by atoms with Gasteiger partial charge >= 0.3 is 0 Å². The molecule has 1 unspecified atom stereocenters. The lowest BCUT2D eigenvalue weighted by Crippen LogP contribution is -2.12. The Balaban J connectivity index is 1.95. The minimum absolute atomic E-state index is 0.172. The van der Waals surface area contributed by atoms with Gasteiger partial charge in [0.2, 0.25) is 0 Å². The summed E-state index contributed by atoms with van der Waals surface area (Å²) in [5, 5.41) is 33.0. The van der Waals surface area contributed by atoms with Crippen molar-refractivity contribution in [2.24, 2.45) is 0 Å². The monoisotopic (exact) mass is 328 g/mol. The van der Waals surface area contributed by atoms with Crippen LogP contribution in [0.2, 0.25) is 0 Å². The Morgan fingerprint density at radius 3 is 2.62 bits per heavy atom. The number of fused-ring (bicyclic) bond motifs is 1. The minimum atomic E-state index is -0.674. The first-order valence-electron chi connectivity index (χ1n) is 6.96. The van der Waals surface area contributed by atoms with E-state index in [9.17, 15) is 20.2 Å². The first kappa shape index (κ1) is 15.3. The molecule has 10 heteroatoms. The summed E-state index contributed by atoms with van der Waals surface area (Å²) in [7, 11) is 0. The molecule has 10 nitrogen and oxygen atoms in total. The van der Waals surface area contributed by atoms with Crippen molar-refractivity contribution in [1.29, 1.82) is 0 Å². The van der Waals surface area contributed by atoms with Gasteiger partial charge in [-0.3, -0.25) is 24.6 Å². The van der Waals surface area contributed by atoms with Gasteiger partial charge in [-0.25, -0.2) is 0 Å². The highest BCUT2D eigenvalue weighted by Crippen LogP contribution is 2.31. The van der Waals surface area contributed by atoms with Crippen LogP contribution >= 0.6 is 0 Å². The lowest BCUT2D eigenvalue weighted by Gasteiger charge is -2.13. The summed E-state index contributed by atoms with van der Waals surface area (Å²) < 4.78 is 1.76. The number of nitro groups is 2. The zero-order valence-electron chi connectivity index (χ0n) is 12.5. The molecule has 0 aliphatic rings. The maximum Gasteiger partial charge on any atom is 0.299 e. The van der Waals surface area contributed by atoms with Gasteiger partial charge in [0.05, 0.1) is 22.0 Å². The number of nitro benzene ring substituents is 2. The van der Waals surface area contributed by atoms with E-state index in [4.69, 9.17) is 0 Å². The van der Waals surface area contributed by atoms with Gasteiger partial charge in [-0.2, -0.15) is 0 Å². The summed E-state index contributed by atoms with van der Waals surface area (Å²) in [6, 6.07) is 8.49. The third kappa shape index (κ3) is 2.72. The van der Waals surface area contributed by atoms with E-state index in [-0.39, 0.29) is 17.1 Å². The Morgan fingerprint density at radius 2 is 1.92 bits per heavy atom. The molecule has 0 fully saturated rings. The molecule has 0 bridgehead atoms. The largest absolute Gasteiger partial charge is 0.370 e. The topological polar surface area (TPSA) is 128 Å². The molecule has 0 amide bonds. The van der Waals surface area contributed by atoms with Crippen LogP contribution in [0.15, 0.2) is 42.6 Å². The fourth-order valence-electron chi connectivity index (χ4n) is 2.36. The van der Waals surface area contributed by atoms with Gasteiger partial charge in [-0.1, -0.05) is 6.07 Å². The summed E-state index contributed by atoms with van der Waals surface area (Å²) in [5.41, 5.74) is 0.114. The number of pyridine rings is 1. The molecular weight excluding hydrogens is 316 g/mol. The average Bonchev–Trinajstić information content (AvgIpc) is 2.98. The molecule has 2 heterocycles. The van der Waals surface area contributed by atoms with E-state index >= 15 is 0 Å². The first-order chi connectivity index (χ1) is 11.5. The summed E-state index contributed by atoms with van der Waals surface area (Å²) in [6.07, 6.45) is 1.78. The maximum atomic E-state index is 11.2. The quantitative estimate of drug-likeness (QED) is 0.563. The Kier molecular flexibility index (Phi) is 3.78. The maximum absolute atomic E-state index is 11.2. The lowest BCUT2D eigenvalue weighted by molar-refractivity contribution is -0.393. The Bertz CT molecular complexity index is 938. The van der Waals surface area contributed by atoms with Crippen molar-refractivity contribution in [3.05, 3.63) is 68.6 Å². The zero-order valence-corrected chi connectivity index (χ0v) is 12.5. The van der Waals surface area contributed by atoms with Crippen molar-refractivity contribution >= 4 is 22.7 Å². The second-order valence-electron chi connectivity index (χ2n) is 5.07. The Labute approximate surface area is 135 Å². The highest BCUT2D eigenvalue weighted by molar-refractivity contribution is 5.65. The van der Waals surface area contributed by atoms with E-state index in [1.165, 1.54) is 12.1 Å². The molecule has 1 N–H and O–H groups in total. The SMILES string of the molecule is CC(Nc1ccc([N+](=O)[O-])cc1[N+](=O)[O-])c1nnc2ccccn12.